The first-order valence-electron chi connectivity index (χ1n) is 13.2. The minimum absolute atomic E-state index is 0.0595. The second-order valence-corrected chi connectivity index (χ2v) is 12.2. The lowest BCUT2D eigenvalue weighted by Gasteiger charge is -2.61. The molecule has 0 aromatic rings. The van der Waals surface area contributed by atoms with Crippen molar-refractivity contribution in [3.05, 3.63) is 36.0 Å². The molecule has 3 fully saturated rings. The highest BCUT2D eigenvalue weighted by Gasteiger charge is 2.73. The molecule has 9 atom stereocenters. The Balaban J connectivity index is 1.79. The van der Waals surface area contributed by atoms with E-state index in [0.717, 1.165) is 5.57 Å². The first-order chi connectivity index (χ1) is 16.9. The van der Waals surface area contributed by atoms with E-state index in [1.54, 1.807) is 13.8 Å². The van der Waals surface area contributed by atoms with Gasteiger partial charge < -0.3 is 14.6 Å². The Kier molecular flexibility index (Phi) is 7.11. The summed E-state index contributed by atoms with van der Waals surface area (Å²) >= 11 is 7.12. The summed E-state index contributed by atoms with van der Waals surface area (Å²) in [5, 5.41) is 11.5. The number of hydrogen-bond acceptors (Lipinski definition) is 6. The standard InChI is InChI=1S/C29H39ClO6/c1-7-23(33)35-15-22(32)29(36-24(34)8-2)17(4)12-19-25-20(30)13-18-11-16(3)9-10-27(18,5)26(25)21(31)14-28(19,29)6/h9-11,17,19-21,25-26,31H,3,7-8,12-15H2,1-2,4-6H3/t17-,19+,20-,21+,25-,26+,27+,28+,29+/m1/s1. The molecule has 0 bridgehead atoms. The summed E-state index contributed by atoms with van der Waals surface area (Å²) in [5.41, 5.74) is -0.633. The summed E-state index contributed by atoms with van der Waals surface area (Å²) < 4.78 is 11.3. The number of esters is 2. The molecule has 6 nitrogen and oxygen atoms in total. The average molecular weight is 519 g/mol. The Morgan fingerprint density at radius 2 is 1.86 bits per heavy atom. The molecule has 1 N–H and O–H groups in total. The molecule has 4 aliphatic rings. The minimum Gasteiger partial charge on any atom is -0.457 e. The van der Waals surface area contributed by atoms with Crippen molar-refractivity contribution in [2.24, 2.45) is 34.5 Å². The number of Topliss-reactive ketones (excluding diaryl/α,β-unsaturated/α-hetero) is 1. The van der Waals surface area contributed by atoms with Crippen LogP contribution in [0.3, 0.4) is 0 Å². The summed E-state index contributed by atoms with van der Waals surface area (Å²) in [7, 11) is 0. The average Bonchev–Trinajstić information content (AvgIpc) is 3.04. The van der Waals surface area contributed by atoms with Crippen LogP contribution < -0.4 is 0 Å². The van der Waals surface area contributed by atoms with Crippen LogP contribution in [0.25, 0.3) is 0 Å². The second-order valence-electron chi connectivity index (χ2n) is 11.6. The Bertz CT molecular complexity index is 1030. The van der Waals surface area contributed by atoms with Crippen molar-refractivity contribution in [2.75, 3.05) is 6.61 Å². The molecule has 0 saturated heterocycles. The number of carbonyl (C=O) groups is 3. The molecule has 0 heterocycles. The topological polar surface area (TPSA) is 89.9 Å². The first-order valence-corrected chi connectivity index (χ1v) is 13.6. The van der Waals surface area contributed by atoms with Gasteiger partial charge in [0.25, 0.3) is 0 Å². The number of halogens is 1. The van der Waals surface area contributed by atoms with E-state index in [1.807, 2.05) is 19.9 Å². The number of ketones is 1. The summed E-state index contributed by atoms with van der Waals surface area (Å²) in [5.74, 6) is -1.99. The molecule has 0 radical (unpaired) electrons. The zero-order valence-electron chi connectivity index (χ0n) is 22.0. The van der Waals surface area contributed by atoms with Crippen LogP contribution in [0, 0.1) is 34.5 Å². The van der Waals surface area contributed by atoms with E-state index in [9.17, 15) is 19.5 Å². The quantitative estimate of drug-likeness (QED) is 0.396. The molecule has 4 rings (SSSR count). The smallest absolute Gasteiger partial charge is 0.306 e. The van der Waals surface area contributed by atoms with Gasteiger partial charge in [-0.15, -0.1) is 11.6 Å². The number of hydrogen-bond donors (Lipinski definition) is 1. The Labute approximate surface area is 219 Å². The number of ether oxygens (including phenoxy) is 2. The molecule has 0 spiro atoms. The van der Waals surface area contributed by atoms with Gasteiger partial charge in [0.2, 0.25) is 5.78 Å². The number of alkyl halides is 1. The Morgan fingerprint density at radius 3 is 2.50 bits per heavy atom. The lowest BCUT2D eigenvalue weighted by Crippen LogP contribution is -2.65. The second kappa shape index (κ2) is 9.43. The van der Waals surface area contributed by atoms with Crippen LogP contribution in [0.1, 0.15) is 66.7 Å². The first kappa shape index (κ1) is 27.1. The van der Waals surface area contributed by atoms with Gasteiger partial charge >= 0.3 is 11.9 Å². The minimum atomic E-state index is -1.50. The fourth-order valence-electron chi connectivity index (χ4n) is 8.11. The Hall–Kier alpha value is -1.92. The number of aliphatic hydroxyl groups excluding tert-OH is 1. The van der Waals surface area contributed by atoms with Crippen LogP contribution in [0.4, 0.5) is 0 Å². The molecule has 0 amide bonds. The maximum atomic E-state index is 13.9. The summed E-state index contributed by atoms with van der Waals surface area (Å²) in [6, 6.07) is 0. The highest BCUT2D eigenvalue weighted by atomic mass is 35.5. The van der Waals surface area contributed by atoms with Gasteiger partial charge in [-0.2, -0.15) is 0 Å². The number of rotatable bonds is 6. The van der Waals surface area contributed by atoms with Gasteiger partial charge in [0.05, 0.1) is 6.10 Å². The molecule has 7 heteroatoms. The SMILES string of the molecule is C=C1C=C[C@@]2(C)C(=C1)C[C@@H](Cl)[C@@H]1[C@@H]2[C@@H](O)C[C@@]2(C)[C@H]1C[C@@H](C)[C@]2(OC(=O)CC)C(=O)COC(=O)CC. The van der Waals surface area contributed by atoms with Gasteiger partial charge in [-0.1, -0.05) is 65.0 Å². The molecule has 0 aromatic carbocycles. The van der Waals surface area contributed by atoms with E-state index in [2.05, 4.69) is 25.7 Å². The fourth-order valence-corrected chi connectivity index (χ4v) is 8.61. The summed E-state index contributed by atoms with van der Waals surface area (Å²) in [4.78, 5) is 38.5. The molecule has 36 heavy (non-hydrogen) atoms. The molecule has 4 aliphatic carbocycles. The number of fused-ring (bicyclic) bond motifs is 5. The molecule has 198 valence electrons. The molecule has 3 saturated carbocycles. The summed E-state index contributed by atoms with van der Waals surface area (Å²) in [6.45, 7) is 13.0. The van der Waals surface area contributed by atoms with Crippen molar-refractivity contribution < 1.29 is 29.0 Å². The van der Waals surface area contributed by atoms with E-state index < -0.39 is 41.4 Å². The van der Waals surface area contributed by atoms with Crippen LogP contribution in [-0.4, -0.2) is 46.5 Å². The highest BCUT2D eigenvalue weighted by molar-refractivity contribution is 6.21. The van der Waals surface area contributed by atoms with Gasteiger partial charge in [0, 0.05) is 40.9 Å². The molecular formula is C29H39ClO6. The van der Waals surface area contributed by atoms with Gasteiger partial charge in [-0.05, 0) is 36.7 Å². The van der Waals surface area contributed by atoms with E-state index in [4.69, 9.17) is 21.1 Å². The van der Waals surface area contributed by atoms with Gasteiger partial charge in [0.1, 0.15) is 0 Å². The van der Waals surface area contributed by atoms with Crippen LogP contribution in [0.15, 0.2) is 36.0 Å². The van der Waals surface area contributed by atoms with Crippen molar-refractivity contribution in [3.63, 3.8) is 0 Å². The maximum absolute atomic E-state index is 13.9. The normalized spacial score (nSPS) is 43.1. The van der Waals surface area contributed by atoms with E-state index in [0.29, 0.717) is 12.8 Å². The zero-order chi connectivity index (χ0) is 26.6. The third-order valence-corrected chi connectivity index (χ3v) is 10.2. The number of allylic oxidation sites excluding steroid dienone is 5. The molecule has 0 aromatic heterocycles. The molecular weight excluding hydrogens is 480 g/mol. The third-order valence-electron chi connectivity index (χ3n) is 9.75. The van der Waals surface area contributed by atoms with Gasteiger partial charge in [-0.3, -0.25) is 14.4 Å². The van der Waals surface area contributed by atoms with E-state index in [-0.39, 0.29) is 53.7 Å². The van der Waals surface area contributed by atoms with E-state index in [1.165, 1.54) is 5.57 Å². The van der Waals surface area contributed by atoms with Crippen molar-refractivity contribution in [1.82, 2.24) is 0 Å². The lowest BCUT2D eigenvalue weighted by molar-refractivity contribution is -0.205. The fraction of sp³-hybridized carbons (Fsp3) is 0.690. The van der Waals surface area contributed by atoms with Gasteiger partial charge in [0.15, 0.2) is 12.2 Å². The number of aliphatic hydroxyl groups is 1. The van der Waals surface area contributed by atoms with Crippen molar-refractivity contribution in [2.45, 2.75) is 83.8 Å². The van der Waals surface area contributed by atoms with Gasteiger partial charge in [-0.25, -0.2) is 0 Å². The monoisotopic (exact) mass is 518 g/mol. The highest BCUT2D eigenvalue weighted by Crippen LogP contribution is 2.69. The third kappa shape index (κ3) is 3.82. The summed E-state index contributed by atoms with van der Waals surface area (Å²) in [6.07, 6.45) is 7.32. The van der Waals surface area contributed by atoms with Crippen molar-refractivity contribution in [1.29, 1.82) is 0 Å². The zero-order valence-corrected chi connectivity index (χ0v) is 22.8. The van der Waals surface area contributed by atoms with Crippen LogP contribution in [0.2, 0.25) is 0 Å². The molecule has 0 aliphatic heterocycles. The largest absolute Gasteiger partial charge is 0.457 e. The predicted octanol–water partition coefficient (Wildman–Crippen LogP) is 4.93. The maximum Gasteiger partial charge on any atom is 0.306 e. The predicted molar refractivity (Wildman–Crippen MR) is 137 cm³/mol. The van der Waals surface area contributed by atoms with Crippen molar-refractivity contribution >= 4 is 29.3 Å². The van der Waals surface area contributed by atoms with E-state index >= 15 is 0 Å². The number of carbonyl (C=O) groups excluding carboxylic acids is 3. The Morgan fingerprint density at radius 1 is 1.19 bits per heavy atom. The lowest BCUT2D eigenvalue weighted by atomic mass is 9.46. The van der Waals surface area contributed by atoms with Crippen LogP contribution in [-0.2, 0) is 23.9 Å². The molecule has 0 unspecified atom stereocenters. The van der Waals surface area contributed by atoms with Crippen LogP contribution in [0.5, 0.6) is 0 Å². The van der Waals surface area contributed by atoms with Crippen molar-refractivity contribution in [3.8, 4) is 0 Å². The van der Waals surface area contributed by atoms with Crippen LogP contribution >= 0.6 is 11.6 Å².